The SMILES string of the molecule is CSc1ccc(Cl)c(CCN)c1. The van der Waals surface area contributed by atoms with Crippen molar-refractivity contribution in [1.29, 1.82) is 0 Å². The topological polar surface area (TPSA) is 26.0 Å². The van der Waals surface area contributed by atoms with Crippen LogP contribution in [0, 0.1) is 0 Å². The maximum atomic E-state index is 5.97. The Kier molecular flexibility index (Phi) is 3.92. The lowest BCUT2D eigenvalue weighted by Crippen LogP contribution is -2.03. The van der Waals surface area contributed by atoms with Gasteiger partial charge in [-0.25, -0.2) is 0 Å². The third-order valence-corrected chi connectivity index (χ3v) is 2.76. The Bertz CT molecular complexity index is 263. The maximum absolute atomic E-state index is 5.97. The van der Waals surface area contributed by atoms with E-state index in [1.165, 1.54) is 4.90 Å². The lowest BCUT2D eigenvalue weighted by Gasteiger charge is -2.04. The fraction of sp³-hybridized carbons (Fsp3) is 0.333. The van der Waals surface area contributed by atoms with Gasteiger partial charge >= 0.3 is 0 Å². The number of halogens is 1. The van der Waals surface area contributed by atoms with Crippen molar-refractivity contribution in [2.24, 2.45) is 5.73 Å². The van der Waals surface area contributed by atoms with Gasteiger partial charge in [0.05, 0.1) is 0 Å². The molecule has 0 radical (unpaired) electrons. The summed E-state index contributed by atoms with van der Waals surface area (Å²) < 4.78 is 0. The summed E-state index contributed by atoms with van der Waals surface area (Å²) in [7, 11) is 0. The van der Waals surface area contributed by atoms with Gasteiger partial charge in [-0.2, -0.15) is 0 Å². The zero-order valence-electron chi connectivity index (χ0n) is 7.01. The first kappa shape index (κ1) is 9.90. The van der Waals surface area contributed by atoms with Crippen molar-refractivity contribution >= 4 is 23.4 Å². The maximum Gasteiger partial charge on any atom is 0.0439 e. The molecule has 0 fully saturated rings. The second kappa shape index (κ2) is 4.75. The Morgan fingerprint density at radius 2 is 2.25 bits per heavy atom. The Balaban J connectivity index is 2.91. The minimum absolute atomic E-state index is 0.650. The minimum Gasteiger partial charge on any atom is -0.330 e. The van der Waals surface area contributed by atoms with E-state index >= 15 is 0 Å². The summed E-state index contributed by atoms with van der Waals surface area (Å²) in [5.74, 6) is 0. The molecule has 2 N–H and O–H groups in total. The van der Waals surface area contributed by atoms with E-state index in [0.29, 0.717) is 6.54 Å². The minimum atomic E-state index is 0.650. The van der Waals surface area contributed by atoms with Crippen LogP contribution in [0.2, 0.25) is 5.02 Å². The van der Waals surface area contributed by atoms with Gasteiger partial charge in [-0.1, -0.05) is 11.6 Å². The summed E-state index contributed by atoms with van der Waals surface area (Å²) in [6.07, 6.45) is 2.91. The zero-order chi connectivity index (χ0) is 8.97. The standard InChI is InChI=1S/C9H12ClNS/c1-12-8-2-3-9(10)7(6-8)4-5-11/h2-3,6H,4-5,11H2,1H3. The zero-order valence-corrected chi connectivity index (χ0v) is 8.58. The van der Waals surface area contributed by atoms with Crippen LogP contribution in [0.1, 0.15) is 5.56 Å². The molecule has 1 rings (SSSR count). The fourth-order valence-corrected chi connectivity index (χ4v) is 1.70. The van der Waals surface area contributed by atoms with Gasteiger partial charge in [0.25, 0.3) is 0 Å². The largest absolute Gasteiger partial charge is 0.330 e. The lowest BCUT2D eigenvalue weighted by molar-refractivity contribution is 0.964. The highest BCUT2D eigenvalue weighted by Gasteiger charge is 1.99. The average molecular weight is 202 g/mol. The van der Waals surface area contributed by atoms with Gasteiger partial charge in [-0.3, -0.25) is 0 Å². The molecule has 1 aromatic rings. The highest BCUT2D eigenvalue weighted by Crippen LogP contribution is 2.22. The van der Waals surface area contributed by atoms with Crippen LogP contribution in [0.4, 0.5) is 0 Å². The predicted molar refractivity (Wildman–Crippen MR) is 56.0 cm³/mol. The monoisotopic (exact) mass is 201 g/mol. The fourth-order valence-electron chi connectivity index (χ4n) is 1.03. The molecule has 1 nitrogen and oxygen atoms in total. The van der Waals surface area contributed by atoms with Crippen LogP contribution in [-0.4, -0.2) is 12.8 Å². The normalized spacial score (nSPS) is 10.2. The summed E-state index contributed by atoms with van der Waals surface area (Å²) in [5.41, 5.74) is 6.60. The van der Waals surface area contributed by atoms with E-state index in [4.69, 9.17) is 17.3 Å². The second-order valence-corrected chi connectivity index (χ2v) is 3.78. The van der Waals surface area contributed by atoms with Crippen LogP contribution >= 0.6 is 23.4 Å². The molecule has 0 spiro atoms. The molecule has 0 heterocycles. The molecule has 0 aliphatic rings. The second-order valence-electron chi connectivity index (χ2n) is 2.50. The summed E-state index contributed by atoms with van der Waals surface area (Å²) in [5, 5.41) is 0.818. The number of rotatable bonds is 3. The molecule has 0 amide bonds. The number of hydrogen-bond acceptors (Lipinski definition) is 2. The van der Waals surface area contributed by atoms with Crippen molar-refractivity contribution in [2.45, 2.75) is 11.3 Å². The summed E-state index contributed by atoms with van der Waals surface area (Å²) in [6, 6.07) is 6.05. The smallest absolute Gasteiger partial charge is 0.0439 e. The highest BCUT2D eigenvalue weighted by atomic mass is 35.5. The highest BCUT2D eigenvalue weighted by molar-refractivity contribution is 7.98. The molecule has 0 aliphatic heterocycles. The molecule has 12 heavy (non-hydrogen) atoms. The van der Waals surface area contributed by atoms with Crippen LogP contribution in [0.25, 0.3) is 0 Å². The van der Waals surface area contributed by atoms with Crippen LogP contribution in [-0.2, 0) is 6.42 Å². The third kappa shape index (κ3) is 2.41. The Labute approximate surface area is 82.3 Å². The van der Waals surface area contributed by atoms with E-state index in [2.05, 4.69) is 12.3 Å². The Morgan fingerprint density at radius 1 is 1.50 bits per heavy atom. The molecule has 0 unspecified atom stereocenters. The molecule has 0 saturated heterocycles. The van der Waals surface area contributed by atoms with E-state index in [0.717, 1.165) is 17.0 Å². The van der Waals surface area contributed by atoms with Crippen molar-refractivity contribution in [3.8, 4) is 0 Å². The molecule has 1 aromatic carbocycles. The van der Waals surface area contributed by atoms with Crippen molar-refractivity contribution in [3.05, 3.63) is 28.8 Å². The van der Waals surface area contributed by atoms with Crippen molar-refractivity contribution in [1.82, 2.24) is 0 Å². The van der Waals surface area contributed by atoms with E-state index < -0.39 is 0 Å². The van der Waals surface area contributed by atoms with Gasteiger partial charge in [-0.15, -0.1) is 11.8 Å². The average Bonchev–Trinajstić information content (AvgIpc) is 2.09. The van der Waals surface area contributed by atoms with Crippen LogP contribution in [0.5, 0.6) is 0 Å². The molecular formula is C9H12ClNS. The molecule has 0 bridgehead atoms. The molecule has 3 heteroatoms. The molecule has 0 aromatic heterocycles. The Hall–Kier alpha value is -0.180. The number of nitrogens with two attached hydrogens (primary N) is 1. The van der Waals surface area contributed by atoms with Gasteiger partial charge in [-0.05, 0) is 43.0 Å². The van der Waals surface area contributed by atoms with Crippen LogP contribution in [0.15, 0.2) is 23.1 Å². The third-order valence-electron chi connectivity index (χ3n) is 1.67. The summed E-state index contributed by atoms with van der Waals surface area (Å²) in [4.78, 5) is 1.24. The van der Waals surface area contributed by atoms with E-state index in [9.17, 15) is 0 Å². The first-order chi connectivity index (χ1) is 5.77. The van der Waals surface area contributed by atoms with Crippen LogP contribution in [0.3, 0.4) is 0 Å². The van der Waals surface area contributed by atoms with Crippen molar-refractivity contribution < 1.29 is 0 Å². The summed E-state index contributed by atoms with van der Waals surface area (Å²) >= 11 is 7.69. The molecule has 66 valence electrons. The van der Waals surface area contributed by atoms with Crippen LogP contribution < -0.4 is 5.73 Å². The lowest BCUT2D eigenvalue weighted by atomic mass is 10.1. The number of thioether (sulfide) groups is 1. The van der Waals surface area contributed by atoms with E-state index in [-0.39, 0.29) is 0 Å². The van der Waals surface area contributed by atoms with Gasteiger partial charge in [0.2, 0.25) is 0 Å². The van der Waals surface area contributed by atoms with E-state index in [1.54, 1.807) is 11.8 Å². The molecule has 0 aliphatic carbocycles. The van der Waals surface area contributed by atoms with Gasteiger partial charge in [0.15, 0.2) is 0 Å². The number of hydrogen-bond donors (Lipinski definition) is 1. The number of benzene rings is 1. The van der Waals surface area contributed by atoms with Gasteiger partial charge in [0.1, 0.15) is 0 Å². The van der Waals surface area contributed by atoms with Gasteiger partial charge < -0.3 is 5.73 Å². The molecule has 0 atom stereocenters. The molecular weight excluding hydrogens is 190 g/mol. The summed E-state index contributed by atoms with van der Waals surface area (Å²) in [6.45, 7) is 0.650. The van der Waals surface area contributed by atoms with Crippen molar-refractivity contribution in [2.75, 3.05) is 12.8 Å². The molecule has 0 saturated carbocycles. The first-order valence-electron chi connectivity index (χ1n) is 3.80. The quantitative estimate of drug-likeness (QED) is 0.761. The Morgan fingerprint density at radius 3 is 2.83 bits per heavy atom. The van der Waals surface area contributed by atoms with Crippen molar-refractivity contribution in [3.63, 3.8) is 0 Å². The predicted octanol–water partition coefficient (Wildman–Crippen LogP) is 2.56. The van der Waals surface area contributed by atoms with E-state index in [1.807, 2.05) is 12.1 Å². The first-order valence-corrected chi connectivity index (χ1v) is 5.40. The van der Waals surface area contributed by atoms with Gasteiger partial charge in [0, 0.05) is 9.92 Å².